The van der Waals surface area contributed by atoms with Crippen LogP contribution in [0.2, 0.25) is 0 Å². The zero-order valence-electron chi connectivity index (χ0n) is 17.3. The van der Waals surface area contributed by atoms with Gasteiger partial charge in [-0.2, -0.15) is 13.2 Å². The van der Waals surface area contributed by atoms with Crippen LogP contribution >= 0.6 is 0 Å². The van der Waals surface area contributed by atoms with Gasteiger partial charge in [0.15, 0.2) is 11.5 Å². The summed E-state index contributed by atoms with van der Waals surface area (Å²) < 4.78 is 40.4. The fraction of sp³-hybridized carbons (Fsp3) is 0.0870. The standard InChI is InChI=1S/C23H17F3N6O/c1-14-6-7-17(29-22(33)16-5-3-9-28-13-16)10-18(14)30-20-11-19(23(24,25)26)31-21(32-20)15-4-2-8-27-12-15/h2-13H,1H3,(H,29,33)(H,30,31,32). The second kappa shape index (κ2) is 9.03. The molecule has 0 unspecified atom stereocenters. The van der Waals surface area contributed by atoms with Gasteiger partial charge >= 0.3 is 6.18 Å². The van der Waals surface area contributed by atoms with Gasteiger partial charge in [-0.3, -0.25) is 14.8 Å². The number of aryl methyl sites for hydroxylation is 1. The lowest BCUT2D eigenvalue weighted by Gasteiger charge is -2.14. The number of nitrogens with one attached hydrogen (secondary N) is 2. The number of hydrogen-bond acceptors (Lipinski definition) is 6. The van der Waals surface area contributed by atoms with Gasteiger partial charge in [-0.05, 0) is 48.9 Å². The molecule has 0 aliphatic heterocycles. The van der Waals surface area contributed by atoms with Crippen molar-refractivity contribution in [1.82, 2.24) is 19.9 Å². The molecule has 0 aliphatic rings. The Labute approximate surface area is 186 Å². The lowest BCUT2D eigenvalue weighted by atomic mass is 10.1. The molecule has 0 spiro atoms. The minimum absolute atomic E-state index is 0.0463. The zero-order valence-corrected chi connectivity index (χ0v) is 17.3. The molecule has 3 aromatic heterocycles. The molecule has 0 bridgehead atoms. The first-order chi connectivity index (χ1) is 15.8. The van der Waals surface area contributed by atoms with E-state index in [1.165, 1.54) is 18.6 Å². The van der Waals surface area contributed by atoms with Crippen LogP contribution in [0.15, 0.2) is 73.3 Å². The molecule has 0 saturated carbocycles. The molecular formula is C23H17F3N6O. The normalized spacial score (nSPS) is 11.2. The van der Waals surface area contributed by atoms with Crippen LogP contribution in [0.3, 0.4) is 0 Å². The summed E-state index contributed by atoms with van der Waals surface area (Å²) in [5, 5.41) is 5.66. The molecule has 3 heterocycles. The Morgan fingerprint density at radius 3 is 2.36 bits per heavy atom. The topological polar surface area (TPSA) is 92.7 Å². The second-order valence-electron chi connectivity index (χ2n) is 7.05. The summed E-state index contributed by atoms with van der Waals surface area (Å²) in [5.74, 6) is -0.521. The molecule has 1 aromatic carbocycles. The van der Waals surface area contributed by atoms with Gasteiger partial charge in [-0.25, -0.2) is 9.97 Å². The highest BCUT2D eigenvalue weighted by Gasteiger charge is 2.34. The maximum atomic E-state index is 13.5. The Bertz CT molecular complexity index is 1280. The molecule has 0 radical (unpaired) electrons. The van der Waals surface area contributed by atoms with E-state index in [0.717, 1.165) is 11.6 Å². The fourth-order valence-corrected chi connectivity index (χ4v) is 2.95. The van der Waals surface area contributed by atoms with E-state index in [1.807, 2.05) is 0 Å². The molecule has 4 aromatic rings. The number of amides is 1. The van der Waals surface area contributed by atoms with Crippen molar-refractivity contribution in [3.8, 4) is 11.4 Å². The van der Waals surface area contributed by atoms with Gasteiger partial charge in [-0.1, -0.05) is 6.07 Å². The van der Waals surface area contributed by atoms with E-state index >= 15 is 0 Å². The number of alkyl halides is 3. The van der Waals surface area contributed by atoms with Crippen LogP contribution in [0.5, 0.6) is 0 Å². The van der Waals surface area contributed by atoms with Crippen LogP contribution in [0, 0.1) is 6.92 Å². The maximum Gasteiger partial charge on any atom is 0.433 e. The first kappa shape index (κ1) is 21.9. The fourth-order valence-electron chi connectivity index (χ4n) is 2.95. The van der Waals surface area contributed by atoms with Crippen LogP contribution < -0.4 is 10.6 Å². The van der Waals surface area contributed by atoms with Crippen LogP contribution in [0.4, 0.5) is 30.4 Å². The Balaban J connectivity index is 1.65. The maximum absolute atomic E-state index is 13.5. The summed E-state index contributed by atoms with van der Waals surface area (Å²) >= 11 is 0. The van der Waals surface area contributed by atoms with Crippen molar-refractivity contribution in [2.24, 2.45) is 0 Å². The molecular weight excluding hydrogens is 433 g/mol. The van der Waals surface area contributed by atoms with Crippen molar-refractivity contribution in [1.29, 1.82) is 0 Å². The lowest BCUT2D eigenvalue weighted by molar-refractivity contribution is -0.141. The van der Waals surface area contributed by atoms with Gasteiger partial charge in [0, 0.05) is 47.8 Å². The number of carbonyl (C=O) groups excluding carboxylic acids is 1. The predicted molar refractivity (Wildman–Crippen MR) is 117 cm³/mol. The van der Waals surface area contributed by atoms with Crippen molar-refractivity contribution in [2.75, 3.05) is 10.6 Å². The van der Waals surface area contributed by atoms with Gasteiger partial charge in [-0.15, -0.1) is 0 Å². The van der Waals surface area contributed by atoms with E-state index in [0.29, 0.717) is 22.5 Å². The van der Waals surface area contributed by atoms with E-state index in [2.05, 4.69) is 30.6 Å². The number of aromatic nitrogens is 4. The van der Waals surface area contributed by atoms with E-state index < -0.39 is 11.9 Å². The first-order valence-electron chi connectivity index (χ1n) is 9.75. The third-order valence-corrected chi connectivity index (χ3v) is 4.62. The summed E-state index contributed by atoms with van der Waals surface area (Å²) in [5.41, 5.74) is 1.31. The number of rotatable bonds is 5. The average Bonchev–Trinajstić information content (AvgIpc) is 2.81. The van der Waals surface area contributed by atoms with E-state index in [1.54, 1.807) is 55.6 Å². The van der Waals surface area contributed by atoms with Gasteiger partial charge in [0.25, 0.3) is 5.91 Å². The number of pyridine rings is 2. The van der Waals surface area contributed by atoms with Crippen LogP contribution in [0.25, 0.3) is 11.4 Å². The van der Waals surface area contributed by atoms with Crippen molar-refractivity contribution in [3.05, 3.63) is 90.1 Å². The molecule has 10 heteroatoms. The predicted octanol–water partition coefficient (Wildman–Crippen LogP) is 5.26. The average molecular weight is 450 g/mol. The molecule has 2 N–H and O–H groups in total. The van der Waals surface area contributed by atoms with Gasteiger partial charge in [0.1, 0.15) is 5.82 Å². The molecule has 7 nitrogen and oxygen atoms in total. The monoisotopic (exact) mass is 450 g/mol. The zero-order chi connectivity index (χ0) is 23.4. The van der Waals surface area contributed by atoms with Gasteiger partial charge in [0.2, 0.25) is 0 Å². The van der Waals surface area contributed by atoms with Crippen molar-refractivity contribution < 1.29 is 18.0 Å². The highest BCUT2D eigenvalue weighted by molar-refractivity contribution is 6.04. The number of nitrogens with zero attached hydrogens (tertiary/aromatic N) is 4. The molecule has 0 fully saturated rings. The van der Waals surface area contributed by atoms with Crippen LogP contribution in [0.1, 0.15) is 21.6 Å². The van der Waals surface area contributed by atoms with E-state index in [9.17, 15) is 18.0 Å². The molecule has 0 aliphatic carbocycles. The third kappa shape index (κ3) is 5.29. The molecule has 0 atom stereocenters. The van der Waals surface area contributed by atoms with Gasteiger partial charge in [0.05, 0.1) is 5.56 Å². The van der Waals surface area contributed by atoms with Crippen LogP contribution in [-0.2, 0) is 6.18 Å². The molecule has 0 saturated heterocycles. The highest BCUT2D eigenvalue weighted by atomic mass is 19.4. The van der Waals surface area contributed by atoms with Crippen LogP contribution in [-0.4, -0.2) is 25.8 Å². The largest absolute Gasteiger partial charge is 0.433 e. The number of benzene rings is 1. The third-order valence-electron chi connectivity index (χ3n) is 4.62. The summed E-state index contributed by atoms with van der Waals surface area (Å²) in [7, 11) is 0. The number of halogens is 3. The Morgan fingerprint density at radius 1 is 0.939 bits per heavy atom. The van der Waals surface area contributed by atoms with Crippen molar-refractivity contribution in [3.63, 3.8) is 0 Å². The molecule has 33 heavy (non-hydrogen) atoms. The van der Waals surface area contributed by atoms with Crippen molar-refractivity contribution >= 4 is 23.1 Å². The summed E-state index contributed by atoms with van der Waals surface area (Å²) in [6.45, 7) is 1.78. The minimum Gasteiger partial charge on any atom is -0.340 e. The lowest BCUT2D eigenvalue weighted by Crippen LogP contribution is -2.13. The van der Waals surface area contributed by atoms with Gasteiger partial charge < -0.3 is 10.6 Å². The Hall–Kier alpha value is -4.34. The number of anilines is 3. The van der Waals surface area contributed by atoms with Crippen molar-refractivity contribution in [2.45, 2.75) is 13.1 Å². The summed E-state index contributed by atoms with van der Waals surface area (Å²) in [6, 6.07) is 12.3. The first-order valence-corrected chi connectivity index (χ1v) is 9.75. The SMILES string of the molecule is Cc1ccc(NC(=O)c2cccnc2)cc1Nc1cc(C(F)(F)F)nc(-c2cccnc2)n1. The second-order valence-corrected chi connectivity index (χ2v) is 7.05. The number of hydrogen-bond donors (Lipinski definition) is 2. The summed E-state index contributed by atoms with van der Waals surface area (Å²) in [4.78, 5) is 28.1. The van der Waals surface area contributed by atoms with E-state index in [-0.39, 0.29) is 17.5 Å². The molecule has 166 valence electrons. The molecule has 4 rings (SSSR count). The summed E-state index contributed by atoms with van der Waals surface area (Å²) in [6.07, 6.45) is 1.22. The molecule has 1 amide bonds. The Kier molecular flexibility index (Phi) is 5.99. The number of carbonyl (C=O) groups is 1. The van der Waals surface area contributed by atoms with E-state index in [4.69, 9.17) is 0 Å². The Morgan fingerprint density at radius 2 is 1.70 bits per heavy atom. The smallest absolute Gasteiger partial charge is 0.340 e. The quantitative estimate of drug-likeness (QED) is 0.431. The minimum atomic E-state index is -4.66. The highest BCUT2D eigenvalue weighted by Crippen LogP contribution is 2.32.